The van der Waals surface area contributed by atoms with E-state index in [1.165, 1.54) is 12.8 Å². The molecule has 3 aliphatic rings. The van der Waals surface area contributed by atoms with Gasteiger partial charge in [-0.25, -0.2) is 12.7 Å². The zero-order valence-electron chi connectivity index (χ0n) is 12.5. The summed E-state index contributed by atoms with van der Waals surface area (Å²) in [7, 11) is -3.13. The first-order chi connectivity index (χ1) is 9.63. The van der Waals surface area contributed by atoms with Crippen molar-refractivity contribution in [1.82, 2.24) is 9.62 Å². The highest BCUT2D eigenvalue weighted by molar-refractivity contribution is 7.89. The van der Waals surface area contributed by atoms with E-state index in [0.29, 0.717) is 25.7 Å². The lowest BCUT2D eigenvalue weighted by molar-refractivity contribution is 0.126. The van der Waals surface area contributed by atoms with E-state index >= 15 is 0 Å². The van der Waals surface area contributed by atoms with Gasteiger partial charge < -0.3 is 10.1 Å². The number of rotatable bonds is 6. The molecule has 0 bridgehead atoms. The topological polar surface area (TPSA) is 58.6 Å². The van der Waals surface area contributed by atoms with Crippen molar-refractivity contribution >= 4 is 22.4 Å². The second-order valence-corrected chi connectivity index (χ2v) is 8.45. The minimum absolute atomic E-state index is 0. The maximum Gasteiger partial charge on any atom is 0.216 e. The predicted molar refractivity (Wildman–Crippen MR) is 85.3 cm³/mol. The second-order valence-electron chi connectivity index (χ2n) is 6.44. The summed E-state index contributed by atoms with van der Waals surface area (Å²) in [6.45, 7) is 3.16. The van der Waals surface area contributed by atoms with Gasteiger partial charge in [0.2, 0.25) is 10.0 Å². The number of hydrogen-bond donors (Lipinski definition) is 1. The molecule has 3 fully saturated rings. The van der Waals surface area contributed by atoms with Crippen molar-refractivity contribution in [3.8, 4) is 0 Å². The molecule has 2 saturated heterocycles. The highest BCUT2D eigenvalue weighted by Gasteiger charge is 2.32. The van der Waals surface area contributed by atoms with E-state index < -0.39 is 10.0 Å². The molecule has 0 aromatic rings. The van der Waals surface area contributed by atoms with Gasteiger partial charge in [0.25, 0.3) is 0 Å². The minimum Gasteiger partial charge on any atom is -0.377 e. The SMILES string of the molecule is Cl.O=S(=O)(CC1CCCO1)N1CCC(NCC2CC2)CC1. The maximum atomic E-state index is 12.3. The molecule has 21 heavy (non-hydrogen) atoms. The third-order valence-corrected chi connectivity index (χ3v) is 6.60. The third kappa shape index (κ3) is 5.06. The lowest BCUT2D eigenvalue weighted by atomic mass is 10.1. The Morgan fingerprint density at radius 3 is 2.38 bits per heavy atom. The van der Waals surface area contributed by atoms with E-state index in [1.54, 1.807) is 4.31 Å². The van der Waals surface area contributed by atoms with E-state index in [0.717, 1.165) is 38.1 Å². The van der Waals surface area contributed by atoms with Crippen molar-refractivity contribution < 1.29 is 13.2 Å². The highest BCUT2D eigenvalue weighted by Crippen LogP contribution is 2.28. The molecule has 124 valence electrons. The summed E-state index contributed by atoms with van der Waals surface area (Å²) in [6.07, 6.45) is 6.41. The van der Waals surface area contributed by atoms with E-state index in [4.69, 9.17) is 4.74 Å². The smallest absolute Gasteiger partial charge is 0.216 e. The van der Waals surface area contributed by atoms with Gasteiger partial charge >= 0.3 is 0 Å². The van der Waals surface area contributed by atoms with E-state index in [-0.39, 0.29) is 24.3 Å². The van der Waals surface area contributed by atoms with Crippen LogP contribution in [0.5, 0.6) is 0 Å². The summed E-state index contributed by atoms with van der Waals surface area (Å²) in [4.78, 5) is 0. The Morgan fingerprint density at radius 1 is 1.10 bits per heavy atom. The first kappa shape index (κ1) is 17.5. The number of ether oxygens (including phenoxy) is 1. The Hall–Kier alpha value is 0.120. The predicted octanol–water partition coefficient (Wildman–Crippen LogP) is 1.38. The van der Waals surface area contributed by atoms with Gasteiger partial charge in [-0.2, -0.15) is 0 Å². The van der Waals surface area contributed by atoms with E-state index in [2.05, 4.69) is 5.32 Å². The van der Waals surface area contributed by atoms with Gasteiger partial charge in [-0.05, 0) is 51.0 Å². The van der Waals surface area contributed by atoms with Crippen molar-refractivity contribution in [1.29, 1.82) is 0 Å². The molecule has 7 heteroatoms. The fraction of sp³-hybridized carbons (Fsp3) is 1.00. The zero-order valence-corrected chi connectivity index (χ0v) is 14.1. The standard InChI is InChI=1S/C14H26N2O3S.ClH/c17-20(18,11-14-2-1-9-19-14)16-7-5-13(6-8-16)15-10-12-3-4-12;/h12-15H,1-11H2;1H. The van der Waals surface area contributed by atoms with Crippen molar-refractivity contribution in [3.05, 3.63) is 0 Å². The number of sulfonamides is 1. The Labute approximate surface area is 134 Å². The van der Waals surface area contributed by atoms with Crippen LogP contribution >= 0.6 is 12.4 Å². The quantitative estimate of drug-likeness (QED) is 0.795. The molecule has 2 aliphatic heterocycles. The molecule has 0 aromatic heterocycles. The van der Waals surface area contributed by atoms with Gasteiger partial charge in [-0.1, -0.05) is 0 Å². The first-order valence-corrected chi connectivity index (χ1v) is 9.57. The van der Waals surface area contributed by atoms with Gasteiger partial charge in [0, 0.05) is 25.7 Å². The molecular formula is C14H27ClN2O3S. The number of piperidine rings is 1. The largest absolute Gasteiger partial charge is 0.377 e. The average Bonchev–Trinajstić information content (AvgIpc) is 3.14. The van der Waals surface area contributed by atoms with Crippen molar-refractivity contribution in [3.63, 3.8) is 0 Å². The first-order valence-electron chi connectivity index (χ1n) is 7.96. The van der Waals surface area contributed by atoms with Crippen LogP contribution in [0.25, 0.3) is 0 Å². The Kier molecular flexibility index (Phi) is 6.32. The molecule has 5 nitrogen and oxygen atoms in total. The van der Waals surface area contributed by atoms with Crippen LogP contribution in [0.3, 0.4) is 0 Å². The van der Waals surface area contributed by atoms with Crippen molar-refractivity contribution in [2.24, 2.45) is 5.92 Å². The lowest BCUT2D eigenvalue weighted by Crippen LogP contribution is -2.47. The molecule has 0 spiro atoms. The fourth-order valence-corrected chi connectivity index (χ4v) is 4.82. The van der Waals surface area contributed by atoms with Gasteiger partial charge in [0.15, 0.2) is 0 Å². The van der Waals surface area contributed by atoms with Crippen LogP contribution in [-0.4, -0.2) is 56.9 Å². The monoisotopic (exact) mass is 338 g/mol. The minimum atomic E-state index is -3.13. The Bertz CT molecular complexity index is 414. The normalized spacial score (nSPS) is 28.5. The summed E-state index contributed by atoms with van der Waals surface area (Å²) < 4.78 is 31.8. The van der Waals surface area contributed by atoms with Crippen LogP contribution in [0.2, 0.25) is 0 Å². The summed E-state index contributed by atoms with van der Waals surface area (Å²) in [5.74, 6) is 1.06. The second kappa shape index (κ2) is 7.59. The molecule has 1 N–H and O–H groups in total. The number of nitrogens with one attached hydrogen (secondary N) is 1. The maximum absolute atomic E-state index is 12.3. The van der Waals surface area contributed by atoms with Crippen LogP contribution in [0.1, 0.15) is 38.5 Å². The van der Waals surface area contributed by atoms with Crippen LogP contribution < -0.4 is 5.32 Å². The average molecular weight is 339 g/mol. The molecule has 3 rings (SSSR count). The molecule has 0 amide bonds. The van der Waals surface area contributed by atoms with Gasteiger partial charge in [-0.15, -0.1) is 12.4 Å². The van der Waals surface area contributed by atoms with Crippen molar-refractivity contribution in [2.75, 3.05) is 32.0 Å². The van der Waals surface area contributed by atoms with E-state index in [9.17, 15) is 8.42 Å². The summed E-state index contributed by atoms with van der Waals surface area (Å²) in [5.41, 5.74) is 0. The van der Waals surface area contributed by atoms with Crippen LogP contribution in [0, 0.1) is 5.92 Å². The Morgan fingerprint density at radius 2 is 1.81 bits per heavy atom. The molecule has 1 aliphatic carbocycles. The molecule has 0 radical (unpaired) electrons. The summed E-state index contributed by atoms with van der Waals surface area (Å²) >= 11 is 0. The van der Waals surface area contributed by atoms with Crippen LogP contribution in [0.15, 0.2) is 0 Å². The molecule has 2 heterocycles. The molecule has 1 saturated carbocycles. The highest BCUT2D eigenvalue weighted by atomic mass is 35.5. The molecular weight excluding hydrogens is 312 g/mol. The summed E-state index contributed by atoms with van der Waals surface area (Å²) in [5, 5.41) is 3.58. The summed E-state index contributed by atoms with van der Waals surface area (Å²) in [6, 6.07) is 0.504. The van der Waals surface area contributed by atoms with Crippen LogP contribution in [-0.2, 0) is 14.8 Å². The van der Waals surface area contributed by atoms with Gasteiger partial charge in [-0.3, -0.25) is 0 Å². The fourth-order valence-electron chi connectivity index (χ4n) is 3.11. The van der Waals surface area contributed by atoms with Crippen molar-refractivity contribution in [2.45, 2.75) is 50.7 Å². The zero-order chi connectivity index (χ0) is 14.0. The van der Waals surface area contributed by atoms with Gasteiger partial charge in [0.05, 0.1) is 11.9 Å². The molecule has 1 unspecified atom stereocenters. The number of nitrogens with zero attached hydrogens (tertiary/aromatic N) is 1. The lowest BCUT2D eigenvalue weighted by Gasteiger charge is -2.32. The molecule has 0 aromatic carbocycles. The third-order valence-electron chi connectivity index (χ3n) is 4.66. The van der Waals surface area contributed by atoms with E-state index in [1.807, 2.05) is 0 Å². The molecule has 1 atom stereocenters. The van der Waals surface area contributed by atoms with Crippen LogP contribution in [0.4, 0.5) is 0 Å². The number of hydrogen-bond acceptors (Lipinski definition) is 4. The number of halogens is 1. The van der Waals surface area contributed by atoms with Gasteiger partial charge in [0.1, 0.15) is 0 Å². The Balaban J connectivity index is 0.00000161.